The number of H-pyrrole nitrogens is 1. The van der Waals surface area contributed by atoms with Crippen molar-refractivity contribution in [2.45, 2.75) is 32.7 Å². The Hall–Kier alpha value is -1.89. The second-order valence-electron chi connectivity index (χ2n) is 4.21. The van der Waals surface area contributed by atoms with E-state index in [9.17, 15) is 4.79 Å². The molecule has 0 saturated heterocycles. The molecule has 7 heteroatoms. The largest absolute Gasteiger partial charge is 0.466 e. The van der Waals surface area contributed by atoms with Gasteiger partial charge in [0.05, 0.1) is 24.8 Å². The minimum absolute atomic E-state index is 0.0894. The van der Waals surface area contributed by atoms with E-state index in [1.165, 1.54) is 11.3 Å². The maximum absolute atomic E-state index is 11.4. The second-order valence-corrected chi connectivity index (χ2v) is 5.06. The number of rotatable bonds is 7. The van der Waals surface area contributed by atoms with Crippen molar-refractivity contribution < 1.29 is 9.53 Å². The highest BCUT2D eigenvalue weighted by Crippen LogP contribution is 2.23. The quantitative estimate of drug-likeness (QED) is 0.767. The van der Waals surface area contributed by atoms with E-state index in [0.717, 1.165) is 23.1 Å². The average molecular weight is 294 g/mol. The van der Waals surface area contributed by atoms with Crippen LogP contribution < -0.4 is 5.32 Å². The molecule has 0 radical (unpaired) electrons. The zero-order chi connectivity index (χ0) is 14.4. The van der Waals surface area contributed by atoms with Crippen LogP contribution in [0.3, 0.4) is 0 Å². The van der Waals surface area contributed by atoms with Gasteiger partial charge >= 0.3 is 5.97 Å². The van der Waals surface area contributed by atoms with E-state index in [2.05, 4.69) is 27.2 Å². The van der Waals surface area contributed by atoms with Crippen LogP contribution in [0.25, 0.3) is 0 Å². The van der Waals surface area contributed by atoms with Crippen LogP contribution in [0.15, 0.2) is 17.8 Å². The highest BCUT2D eigenvalue weighted by Gasteiger charge is 2.14. The molecule has 0 aliphatic rings. The van der Waals surface area contributed by atoms with E-state index < -0.39 is 0 Å². The van der Waals surface area contributed by atoms with Crippen LogP contribution in [-0.2, 0) is 16.0 Å². The molecule has 0 amide bonds. The summed E-state index contributed by atoms with van der Waals surface area (Å²) in [6.45, 7) is 4.26. The highest BCUT2D eigenvalue weighted by atomic mass is 32.1. The molecule has 108 valence electrons. The molecule has 0 bridgehead atoms. The summed E-state index contributed by atoms with van der Waals surface area (Å²) in [5, 5.41) is 5.97. The molecule has 0 aliphatic heterocycles. The van der Waals surface area contributed by atoms with Crippen LogP contribution in [0, 0.1) is 0 Å². The molecule has 2 heterocycles. The fourth-order valence-corrected chi connectivity index (χ4v) is 2.56. The Morgan fingerprint density at radius 1 is 1.55 bits per heavy atom. The number of hydrogen-bond donors (Lipinski definition) is 2. The Balaban J connectivity index is 1.96. The number of nitrogens with one attached hydrogen (secondary N) is 2. The monoisotopic (exact) mass is 294 g/mol. The lowest BCUT2D eigenvalue weighted by Gasteiger charge is -2.13. The number of nitrogens with zero attached hydrogens (tertiary/aromatic N) is 2. The Morgan fingerprint density at radius 3 is 3.05 bits per heavy atom. The molecular formula is C13H18N4O2S. The standard InChI is InChI=1S/C13H18N4O2S/c1-3-10(12-14-5-6-15-12)17-13-16-9(8-20-13)7-11(18)19-4-2/h5-6,8,10H,3-4,7H2,1-2H3,(H,14,15)(H,16,17). The topological polar surface area (TPSA) is 79.9 Å². The summed E-state index contributed by atoms with van der Waals surface area (Å²) in [5.41, 5.74) is 0.727. The van der Waals surface area contributed by atoms with Crippen molar-refractivity contribution in [1.82, 2.24) is 15.0 Å². The van der Waals surface area contributed by atoms with Gasteiger partial charge in [0, 0.05) is 17.8 Å². The van der Waals surface area contributed by atoms with E-state index in [1.807, 2.05) is 5.38 Å². The van der Waals surface area contributed by atoms with Gasteiger partial charge in [-0.2, -0.15) is 0 Å². The summed E-state index contributed by atoms with van der Waals surface area (Å²) in [6, 6.07) is 0.0894. The number of carbonyl (C=O) groups excluding carboxylic acids is 1. The van der Waals surface area contributed by atoms with Crippen molar-refractivity contribution >= 4 is 22.4 Å². The van der Waals surface area contributed by atoms with Gasteiger partial charge in [-0.15, -0.1) is 11.3 Å². The molecule has 2 N–H and O–H groups in total. The first kappa shape index (κ1) is 14.5. The summed E-state index contributed by atoms with van der Waals surface area (Å²) in [4.78, 5) is 23.1. The molecule has 0 fully saturated rings. The average Bonchev–Trinajstić information content (AvgIpc) is 3.07. The summed E-state index contributed by atoms with van der Waals surface area (Å²) in [5.74, 6) is 0.636. The molecule has 1 atom stereocenters. The van der Waals surface area contributed by atoms with Crippen LogP contribution >= 0.6 is 11.3 Å². The summed E-state index contributed by atoms with van der Waals surface area (Å²) < 4.78 is 4.91. The third-order valence-corrected chi connectivity index (χ3v) is 3.56. The minimum Gasteiger partial charge on any atom is -0.466 e. The van der Waals surface area contributed by atoms with Crippen molar-refractivity contribution in [2.75, 3.05) is 11.9 Å². The van der Waals surface area contributed by atoms with Gasteiger partial charge in [-0.05, 0) is 13.3 Å². The van der Waals surface area contributed by atoms with Gasteiger partial charge < -0.3 is 15.0 Å². The van der Waals surface area contributed by atoms with Crippen LogP contribution in [0.5, 0.6) is 0 Å². The van der Waals surface area contributed by atoms with Crippen molar-refractivity contribution in [2.24, 2.45) is 0 Å². The maximum atomic E-state index is 11.4. The van der Waals surface area contributed by atoms with Gasteiger partial charge in [-0.1, -0.05) is 6.92 Å². The number of anilines is 1. The minimum atomic E-state index is -0.248. The Labute approximate surface area is 121 Å². The summed E-state index contributed by atoms with van der Waals surface area (Å²) >= 11 is 1.48. The summed E-state index contributed by atoms with van der Waals surface area (Å²) in [6.07, 6.45) is 4.63. The number of esters is 1. The van der Waals surface area contributed by atoms with Crippen molar-refractivity contribution in [3.05, 3.63) is 29.3 Å². The number of ether oxygens (including phenoxy) is 1. The smallest absolute Gasteiger partial charge is 0.311 e. The van der Waals surface area contributed by atoms with Gasteiger partial charge in [0.15, 0.2) is 5.13 Å². The third-order valence-electron chi connectivity index (χ3n) is 2.74. The highest BCUT2D eigenvalue weighted by molar-refractivity contribution is 7.13. The van der Waals surface area contributed by atoms with Crippen LogP contribution in [-0.4, -0.2) is 27.5 Å². The van der Waals surface area contributed by atoms with Gasteiger partial charge in [0.1, 0.15) is 5.82 Å². The lowest BCUT2D eigenvalue weighted by atomic mass is 10.2. The van der Waals surface area contributed by atoms with Crippen LogP contribution in [0.4, 0.5) is 5.13 Å². The molecule has 6 nitrogen and oxygen atoms in total. The van der Waals surface area contributed by atoms with E-state index in [-0.39, 0.29) is 18.4 Å². The number of imidazole rings is 1. The lowest BCUT2D eigenvalue weighted by molar-refractivity contribution is -0.142. The molecule has 0 aromatic carbocycles. The zero-order valence-electron chi connectivity index (χ0n) is 11.5. The molecule has 20 heavy (non-hydrogen) atoms. The summed E-state index contributed by atoms with van der Waals surface area (Å²) in [7, 11) is 0. The second kappa shape index (κ2) is 7.04. The molecule has 0 aliphatic carbocycles. The van der Waals surface area contributed by atoms with E-state index in [0.29, 0.717) is 6.61 Å². The normalized spacial score (nSPS) is 12.1. The lowest BCUT2D eigenvalue weighted by Crippen LogP contribution is -2.11. The number of thiazole rings is 1. The third kappa shape index (κ3) is 3.80. The van der Waals surface area contributed by atoms with Gasteiger partial charge in [-0.25, -0.2) is 9.97 Å². The SMILES string of the molecule is CCOC(=O)Cc1csc(NC(CC)c2ncc[nH]2)n1. The predicted molar refractivity (Wildman–Crippen MR) is 77.7 cm³/mol. The first-order chi connectivity index (χ1) is 9.72. The molecule has 0 spiro atoms. The molecule has 2 rings (SSSR count). The van der Waals surface area contributed by atoms with E-state index in [4.69, 9.17) is 4.74 Å². The number of aromatic amines is 1. The van der Waals surface area contributed by atoms with Crippen molar-refractivity contribution in [3.63, 3.8) is 0 Å². The van der Waals surface area contributed by atoms with Crippen molar-refractivity contribution in [1.29, 1.82) is 0 Å². The Morgan fingerprint density at radius 2 is 2.40 bits per heavy atom. The van der Waals surface area contributed by atoms with Gasteiger partial charge in [-0.3, -0.25) is 4.79 Å². The number of hydrogen-bond acceptors (Lipinski definition) is 6. The van der Waals surface area contributed by atoms with Crippen LogP contribution in [0.1, 0.15) is 37.8 Å². The fourth-order valence-electron chi connectivity index (χ4n) is 1.80. The van der Waals surface area contributed by atoms with Crippen LogP contribution in [0.2, 0.25) is 0 Å². The molecular weight excluding hydrogens is 276 g/mol. The predicted octanol–water partition coefficient (Wildman–Crippen LogP) is 2.54. The Bertz CT molecular complexity index is 538. The molecule has 2 aromatic rings. The number of aromatic nitrogens is 3. The maximum Gasteiger partial charge on any atom is 0.311 e. The molecule has 2 aromatic heterocycles. The zero-order valence-corrected chi connectivity index (χ0v) is 12.4. The first-order valence-electron chi connectivity index (χ1n) is 6.58. The molecule has 0 saturated carbocycles. The number of carbonyl (C=O) groups is 1. The van der Waals surface area contributed by atoms with E-state index >= 15 is 0 Å². The Kier molecular flexibility index (Phi) is 5.11. The van der Waals surface area contributed by atoms with Gasteiger partial charge in [0.25, 0.3) is 0 Å². The van der Waals surface area contributed by atoms with Gasteiger partial charge in [0.2, 0.25) is 0 Å². The first-order valence-corrected chi connectivity index (χ1v) is 7.46. The van der Waals surface area contributed by atoms with E-state index in [1.54, 1.807) is 19.3 Å². The fraction of sp³-hybridized carbons (Fsp3) is 0.462. The molecule has 1 unspecified atom stereocenters. The van der Waals surface area contributed by atoms with Crippen molar-refractivity contribution in [3.8, 4) is 0 Å².